The van der Waals surface area contributed by atoms with E-state index in [0.717, 1.165) is 92.6 Å². The number of piperidine rings is 1. The van der Waals surface area contributed by atoms with Crippen molar-refractivity contribution in [2.75, 3.05) is 45.2 Å². The van der Waals surface area contributed by atoms with Crippen LogP contribution in [-0.4, -0.2) is 122 Å². The Morgan fingerprint density at radius 3 is 2.40 bits per heavy atom. The predicted octanol–water partition coefficient (Wildman–Crippen LogP) is 6.54. The van der Waals surface area contributed by atoms with Gasteiger partial charge in [-0.1, -0.05) is 13.3 Å². The number of hydrogen-bond acceptors (Lipinski definition) is 10. The lowest BCUT2D eigenvalue weighted by Crippen LogP contribution is -2.67. The number of imide groups is 1. The van der Waals surface area contributed by atoms with Crippen molar-refractivity contribution in [2.45, 2.75) is 99.9 Å². The number of amidine groups is 1. The fourth-order valence-electron chi connectivity index (χ4n) is 9.61. The second-order valence-corrected chi connectivity index (χ2v) is 18.2. The van der Waals surface area contributed by atoms with Crippen LogP contribution < -0.4 is 10.2 Å². The van der Waals surface area contributed by atoms with Gasteiger partial charge in [-0.3, -0.25) is 29.1 Å². The highest BCUT2D eigenvalue weighted by Gasteiger charge is 2.54. The molecule has 2 aliphatic heterocycles. The number of nitrogens with one attached hydrogen (secondary N) is 1. The minimum atomic E-state index is -1.17. The molecule has 2 saturated heterocycles. The molecule has 2 aliphatic carbocycles. The molecule has 1 N–H and O–H groups in total. The summed E-state index contributed by atoms with van der Waals surface area (Å²) in [5.74, 6) is -0.585. The first-order chi connectivity index (χ1) is 28.9. The second-order valence-electron chi connectivity index (χ2n) is 16.9. The maximum Gasteiger partial charge on any atom is 0.261 e. The molecule has 3 unspecified atom stereocenters. The smallest absolute Gasteiger partial charge is 0.261 e. The van der Waals surface area contributed by atoms with E-state index < -0.39 is 23.7 Å². The summed E-state index contributed by atoms with van der Waals surface area (Å²) >= 11 is 1.93. The Labute approximate surface area is 357 Å². The molecule has 0 radical (unpaired) electrons. The van der Waals surface area contributed by atoms with E-state index in [0.29, 0.717) is 40.8 Å². The highest BCUT2D eigenvalue weighted by Crippen LogP contribution is 2.52. The first kappa shape index (κ1) is 44.6. The van der Waals surface area contributed by atoms with Gasteiger partial charge < -0.3 is 24.8 Å². The van der Waals surface area contributed by atoms with Crippen LogP contribution in [0, 0.1) is 24.1 Å². The van der Waals surface area contributed by atoms with Gasteiger partial charge in [0.25, 0.3) is 5.91 Å². The van der Waals surface area contributed by atoms with E-state index >= 15 is 4.39 Å². The Bertz CT molecular complexity index is 2000. The summed E-state index contributed by atoms with van der Waals surface area (Å²) in [6.07, 6.45) is 14.3. The molecule has 0 bridgehead atoms. The average molecular weight is 840 g/mol. The third kappa shape index (κ3) is 9.97. The number of carbonyl (C=O) groups excluding carboxylic acids is 5. The largest absolute Gasteiger partial charge is 0.368 e. The molecule has 4 aliphatic rings. The monoisotopic (exact) mass is 839 g/mol. The molecule has 2 aromatic rings. The molecule has 2 saturated carbocycles. The van der Waals surface area contributed by atoms with E-state index in [2.05, 4.69) is 65.1 Å². The number of hydrogen-bond donors (Lipinski definition) is 1. The minimum absolute atomic E-state index is 0.00577. The minimum Gasteiger partial charge on any atom is -0.368 e. The zero-order chi connectivity index (χ0) is 43.0. The van der Waals surface area contributed by atoms with E-state index in [4.69, 9.17) is 4.99 Å². The van der Waals surface area contributed by atoms with Crippen LogP contribution in [0.1, 0.15) is 80.6 Å². The Balaban J connectivity index is 0.996. The average Bonchev–Trinajstić information content (AvgIpc) is 3.66. The number of nitrogens with zero attached hydrogens (tertiary/aromatic N) is 6. The van der Waals surface area contributed by atoms with Crippen molar-refractivity contribution in [3.8, 4) is 0 Å². The number of aliphatic imine (C=N–C) groups is 2. The molecule has 3 amide bonds. The van der Waals surface area contributed by atoms with Gasteiger partial charge in [-0.15, -0.1) is 11.8 Å². The molecule has 2 aromatic carbocycles. The van der Waals surface area contributed by atoms with Gasteiger partial charge in [0.1, 0.15) is 30.3 Å². The fraction of sp³-hybridized carbons (Fsp3) is 0.500. The van der Waals surface area contributed by atoms with Crippen molar-refractivity contribution in [1.82, 2.24) is 20.0 Å². The number of carbonyl (C=O) groups is 5. The number of amides is 3. The summed E-state index contributed by atoms with van der Waals surface area (Å²) in [7, 11) is 3.46. The van der Waals surface area contributed by atoms with Gasteiger partial charge in [-0.2, -0.15) is 0 Å². The molecule has 320 valence electrons. The van der Waals surface area contributed by atoms with Gasteiger partial charge >= 0.3 is 0 Å². The van der Waals surface area contributed by atoms with Crippen LogP contribution in [0.2, 0.25) is 0 Å². The number of anilines is 1. The standard InChI is InChI=1S/C46H58FN7O5S/c1-31-9-6-11-40(31)51(5)43(33(27-48-3)10-7-21-55)50-34-13-15-36(16-14-34)60-37-17-19-52(20-18-37)35-25-46(26-35)28-53(29-46)42-23-32(2)38(24-39(42)47)45(59)54(30-57)41(12-8-22-56)44(58)49-4/h7,10,13-16,21-24,27,30-31,35,37,40-41H,3,6,8-9,11-12,17-20,25-26,28-29H2,1-2,4-5H3,(H,49,58)/b10-7-,33-27-,50-43?. The van der Waals surface area contributed by atoms with Gasteiger partial charge in [-0.25, -0.2) is 9.38 Å². The molecule has 12 nitrogen and oxygen atoms in total. The SMILES string of the molecule is C=N/C=C(/C=C\C=O)C(=Nc1ccc(SC2CCN(C3CC4(C3)CN(c3cc(C)c(C(=O)N(C=O)C(CCC=O)C(=O)NC)cc3F)C4)CC2)cc1)N(C)C1CCCC1C. The van der Waals surface area contributed by atoms with E-state index in [-0.39, 0.29) is 30.2 Å². The fourth-order valence-corrected chi connectivity index (χ4v) is 10.7. The van der Waals surface area contributed by atoms with Crippen LogP contribution in [0.5, 0.6) is 0 Å². The number of rotatable bonds is 17. The molecular weight excluding hydrogens is 782 g/mol. The van der Waals surface area contributed by atoms with Gasteiger partial charge in [0.05, 0.1) is 11.4 Å². The first-order valence-corrected chi connectivity index (χ1v) is 21.9. The molecule has 3 atom stereocenters. The Morgan fingerprint density at radius 1 is 1.08 bits per heavy atom. The Hall–Kier alpha value is -4.95. The van der Waals surface area contributed by atoms with Crippen LogP contribution in [0.3, 0.4) is 0 Å². The number of benzene rings is 2. The highest BCUT2D eigenvalue weighted by molar-refractivity contribution is 8.00. The third-order valence-electron chi connectivity index (χ3n) is 12.9. The molecule has 2 heterocycles. The maximum absolute atomic E-state index is 15.6. The Kier molecular flexibility index (Phi) is 14.9. The lowest BCUT2D eigenvalue weighted by Gasteiger charge is -2.62. The number of aryl methyl sites for hydroxylation is 1. The Morgan fingerprint density at radius 2 is 1.80 bits per heavy atom. The lowest BCUT2D eigenvalue weighted by molar-refractivity contribution is -0.131. The van der Waals surface area contributed by atoms with Crippen LogP contribution in [-0.2, 0) is 19.2 Å². The summed E-state index contributed by atoms with van der Waals surface area (Å²) in [6.45, 7) is 11.2. The van der Waals surface area contributed by atoms with Crippen LogP contribution in [0.25, 0.3) is 0 Å². The third-order valence-corrected chi connectivity index (χ3v) is 14.3. The number of allylic oxidation sites excluding steroid dienone is 1. The van der Waals surface area contributed by atoms with Crippen molar-refractivity contribution < 1.29 is 28.4 Å². The highest BCUT2D eigenvalue weighted by atomic mass is 32.2. The van der Waals surface area contributed by atoms with Gasteiger partial charge in [-0.05, 0) is 132 Å². The lowest BCUT2D eigenvalue weighted by atomic mass is 9.60. The zero-order valence-electron chi connectivity index (χ0n) is 35.2. The quantitative estimate of drug-likeness (QED) is 0.0620. The first-order valence-electron chi connectivity index (χ1n) is 21.0. The molecule has 0 aromatic heterocycles. The van der Waals surface area contributed by atoms with Crippen molar-refractivity contribution in [3.63, 3.8) is 0 Å². The van der Waals surface area contributed by atoms with Crippen LogP contribution >= 0.6 is 11.8 Å². The number of aldehydes is 2. The van der Waals surface area contributed by atoms with E-state index in [1.807, 2.05) is 16.7 Å². The van der Waals surface area contributed by atoms with E-state index in [1.165, 1.54) is 30.9 Å². The number of thioether (sulfide) groups is 1. The summed E-state index contributed by atoms with van der Waals surface area (Å²) in [4.78, 5) is 77.9. The number of likely N-dealkylation sites (N-methyl/N-ethyl adjacent to an activating group) is 2. The van der Waals surface area contributed by atoms with Gasteiger partial charge in [0, 0.05) is 78.6 Å². The number of likely N-dealkylation sites (tertiary alicyclic amines) is 1. The molecular formula is C46H58FN7O5S. The molecule has 6 rings (SSSR count). The summed E-state index contributed by atoms with van der Waals surface area (Å²) < 4.78 is 15.6. The van der Waals surface area contributed by atoms with Crippen molar-refractivity contribution in [2.24, 2.45) is 21.3 Å². The van der Waals surface area contributed by atoms with Crippen LogP contribution in [0.4, 0.5) is 15.8 Å². The molecule has 1 spiro atoms. The topological polar surface area (TPSA) is 135 Å². The second kappa shape index (κ2) is 20.1. The zero-order valence-corrected chi connectivity index (χ0v) is 36.0. The van der Waals surface area contributed by atoms with Crippen molar-refractivity contribution in [3.05, 3.63) is 77.3 Å². The number of halogens is 1. The summed E-state index contributed by atoms with van der Waals surface area (Å²) in [6, 6.07) is 10.9. The van der Waals surface area contributed by atoms with Crippen molar-refractivity contribution in [1.29, 1.82) is 0 Å². The maximum atomic E-state index is 15.6. The molecule has 4 fully saturated rings. The van der Waals surface area contributed by atoms with Crippen molar-refractivity contribution >= 4 is 66.5 Å². The normalized spacial score (nSPS) is 21.6. The molecule has 60 heavy (non-hydrogen) atoms. The van der Waals surface area contributed by atoms with Gasteiger partial charge in [0.2, 0.25) is 12.3 Å². The predicted molar refractivity (Wildman–Crippen MR) is 236 cm³/mol. The van der Waals surface area contributed by atoms with E-state index in [1.54, 1.807) is 25.3 Å². The van der Waals surface area contributed by atoms with Gasteiger partial charge in [0.15, 0.2) is 0 Å². The summed E-state index contributed by atoms with van der Waals surface area (Å²) in [5.41, 5.74) is 2.70. The summed E-state index contributed by atoms with van der Waals surface area (Å²) in [5, 5.41) is 2.96. The van der Waals surface area contributed by atoms with E-state index in [9.17, 15) is 24.0 Å². The molecule has 14 heteroatoms. The van der Waals surface area contributed by atoms with Crippen LogP contribution in [0.15, 0.2) is 75.2 Å².